The van der Waals surface area contributed by atoms with Gasteiger partial charge in [0.2, 0.25) is 0 Å². The first-order valence-corrected chi connectivity index (χ1v) is 12.2. The molecule has 0 aromatic heterocycles. The first kappa shape index (κ1) is 25.4. The maximum Gasteiger partial charge on any atom is 0.270 e. The van der Waals surface area contributed by atoms with Crippen LogP contribution in [0.1, 0.15) is 29.2 Å². The summed E-state index contributed by atoms with van der Waals surface area (Å²) in [5, 5.41) is 2.91. The molecule has 1 fully saturated rings. The molecule has 36 heavy (non-hydrogen) atoms. The summed E-state index contributed by atoms with van der Waals surface area (Å²) in [7, 11) is 0. The number of rotatable bonds is 7. The van der Waals surface area contributed by atoms with Crippen LogP contribution in [0.5, 0.6) is 11.5 Å². The van der Waals surface area contributed by atoms with Crippen molar-refractivity contribution in [2.24, 2.45) is 0 Å². The Balaban J connectivity index is 1.66. The summed E-state index contributed by atoms with van der Waals surface area (Å²) in [6, 6.07) is 18.4. The Morgan fingerprint density at radius 1 is 1.00 bits per heavy atom. The Hall–Kier alpha value is -3.68. The number of hydrogen-bond donors (Lipinski definition) is 1. The van der Waals surface area contributed by atoms with Crippen LogP contribution < -0.4 is 19.7 Å². The molecule has 0 saturated carbocycles. The molecule has 1 aliphatic heterocycles. The van der Waals surface area contributed by atoms with Gasteiger partial charge in [0.1, 0.15) is 12.2 Å². The number of carbonyl (C=O) groups is 2. The molecular weight excluding hydrogens is 496 g/mol. The zero-order valence-electron chi connectivity index (χ0n) is 20.1. The standard InChI is InChI=1S/C28H25ClN2O4S/c1-4-34-24-15-19(14-23(29)25(24)35-16-20-11-17(2)10-18(3)12-20)13-22-26(32)30-28(36)31(27(22)33)21-8-6-5-7-9-21/h5-15H,4,16H2,1-3H3,(H,30,32,36)/b22-13-. The molecule has 4 rings (SSSR count). The second-order valence-electron chi connectivity index (χ2n) is 8.34. The fourth-order valence-electron chi connectivity index (χ4n) is 4.02. The number of carbonyl (C=O) groups excluding carboxylic acids is 2. The molecule has 0 spiro atoms. The van der Waals surface area contributed by atoms with E-state index in [9.17, 15) is 9.59 Å². The lowest BCUT2D eigenvalue weighted by Crippen LogP contribution is -2.54. The minimum Gasteiger partial charge on any atom is -0.490 e. The molecule has 2 amide bonds. The van der Waals surface area contributed by atoms with Crippen molar-refractivity contribution in [2.45, 2.75) is 27.4 Å². The summed E-state index contributed by atoms with van der Waals surface area (Å²) in [5.74, 6) is -0.299. The molecule has 1 saturated heterocycles. The molecule has 1 N–H and O–H groups in total. The molecular formula is C28H25ClN2O4S. The van der Waals surface area contributed by atoms with Gasteiger partial charge >= 0.3 is 0 Å². The van der Waals surface area contributed by atoms with E-state index in [2.05, 4.69) is 23.5 Å². The van der Waals surface area contributed by atoms with Crippen molar-refractivity contribution in [3.05, 3.63) is 93.5 Å². The number of para-hydroxylation sites is 1. The van der Waals surface area contributed by atoms with Crippen LogP contribution in [0.2, 0.25) is 5.02 Å². The van der Waals surface area contributed by atoms with E-state index in [-0.39, 0.29) is 10.7 Å². The normalized spacial score (nSPS) is 14.7. The quantitative estimate of drug-likeness (QED) is 0.243. The number of aryl methyl sites for hydroxylation is 2. The van der Waals surface area contributed by atoms with Gasteiger partial charge in [-0.1, -0.05) is 59.1 Å². The lowest BCUT2D eigenvalue weighted by atomic mass is 10.1. The van der Waals surface area contributed by atoms with E-state index in [0.29, 0.717) is 41.0 Å². The van der Waals surface area contributed by atoms with Crippen molar-refractivity contribution in [3.8, 4) is 11.5 Å². The number of anilines is 1. The van der Waals surface area contributed by atoms with Gasteiger partial charge in [-0.05, 0) is 74.5 Å². The molecule has 3 aromatic carbocycles. The summed E-state index contributed by atoms with van der Waals surface area (Å²) in [6.07, 6.45) is 1.47. The molecule has 0 bridgehead atoms. The van der Waals surface area contributed by atoms with Gasteiger partial charge in [-0.25, -0.2) is 0 Å². The highest BCUT2D eigenvalue weighted by molar-refractivity contribution is 7.80. The molecule has 0 radical (unpaired) electrons. The molecule has 1 heterocycles. The Bertz CT molecular complexity index is 1350. The predicted octanol–water partition coefficient (Wildman–Crippen LogP) is 5.77. The van der Waals surface area contributed by atoms with Crippen molar-refractivity contribution in [1.29, 1.82) is 0 Å². The Labute approximate surface area is 220 Å². The molecule has 0 unspecified atom stereocenters. The van der Waals surface area contributed by atoms with Crippen LogP contribution in [-0.4, -0.2) is 23.5 Å². The van der Waals surface area contributed by atoms with Gasteiger partial charge in [0.15, 0.2) is 16.6 Å². The summed E-state index contributed by atoms with van der Waals surface area (Å²) in [6.45, 7) is 6.61. The summed E-state index contributed by atoms with van der Waals surface area (Å²) in [4.78, 5) is 27.2. The Morgan fingerprint density at radius 3 is 2.36 bits per heavy atom. The predicted molar refractivity (Wildman–Crippen MR) is 146 cm³/mol. The van der Waals surface area contributed by atoms with Gasteiger partial charge in [-0.2, -0.15) is 0 Å². The minimum absolute atomic E-state index is 0.0246. The Kier molecular flexibility index (Phi) is 7.72. The van der Waals surface area contributed by atoms with E-state index in [1.807, 2.05) is 26.8 Å². The van der Waals surface area contributed by atoms with Gasteiger partial charge in [0.05, 0.1) is 17.3 Å². The topological polar surface area (TPSA) is 67.9 Å². The number of amides is 2. The maximum atomic E-state index is 13.2. The van der Waals surface area contributed by atoms with E-state index in [0.717, 1.165) is 16.7 Å². The number of halogens is 1. The van der Waals surface area contributed by atoms with Crippen molar-refractivity contribution in [3.63, 3.8) is 0 Å². The molecule has 184 valence electrons. The zero-order chi connectivity index (χ0) is 25.8. The number of hydrogen-bond acceptors (Lipinski definition) is 5. The lowest BCUT2D eigenvalue weighted by molar-refractivity contribution is -0.122. The van der Waals surface area contributed by atoms with Gasteiger partial charge in [-0.15, -0.1) is 0 Å². The zero-order valence-corrected chi connectivity index (χ0v) is 21.7. The van der Waals surface area contributed by atoms with Crippen molar-refractivity contribution >= 4 is 52.5 Å². The van der Waals surface area contributed by atoms with E-state index in [1.165, 1.54) is 11.0 Å². The molecule has 8 heteroatoms. The number of benzene rings is 3. The van der Waals surface area contributed by atoms with Crippen LogP contribution in [0.15, 0.2) is 66.2 Å². The first-order valence-electron chi connectivity index (χ1n) is 11.4. The lowest BCUT2D eigenvalue weighted by Gasteiger charge is -2.28. The largest absolute Gasteiger partial charge is 0.490 e. The summed E-state index contributed by atoms with van der Waals surface area (Å²) < 4.78 is 11.8. The van der Waals surface area contributed by atoms with Crippen molar-refractivity contribution < 1.29 is 19.1 Å². The van der Waals surface area contributed by atoms with Crippen LogP contribution in [0.25, 0.3) is 6.08 Å². The van der Waals surface area contributed by atoms with E-state index >= 15 is 0 Å². The third-order valence-electron chi connectivity index (χ3n) is 5.42. The number of ether oxygens (including phenoxy) is 2. The highest BCUT2D eigenvalue weighted by Gasteiger charge is 2.34. The minimum atomic E-state index is -0.582. The van der Waals surface area contributed by atoms with Crippen molar-refractivity contribution in [2.75, 3.05) is 11.5 Å². The van der Waals surface area contributed by atoms with E-state index < -0.39 is 11.8 Å². The van der Waals surface area contributed by atoms with Gasteiger partial charge in [-0.3, -0.25) is 19.8 Å². The fourth-order valence-corrected chi connectivity index (χ4v) is 4.57. The van der Waals surface area contributed by atoms with Crippen LogP contribution in [0.3, 0.4) is 0 Å². The molecule has 1 aliphatic rings. The molecule has 6 nitrogen and oxygen atoms in total. The van der Waals surface area contributed by atoms with Crippen LogP contribution in [0, 0.1) is 13.8 Å². The molecule has 3 aromatic rings. The van der Waals surface area contributed by atoms with Crippen molar-refractivity contribution in [1.82, 2.24) is 5.32 Å². The third kappa shape index (κ3) is 5.58. The van der Waals surface area contributed by atoms with Gasteiger partial charge in [0.25, 0.3) is 11.8 Å². The second-order valence-corrected chi connectivity index (χ2v) is 9.13. The van der Waals surface area contributed by atoms with E-state index in [1.54, 1.807) is 36.4 Å². The smallest absolute Gasteiger partial charge is 0.270 e. The van der Waals surface area contributed by atoms with Crippen LogP contribution >= 0.6 is 23.8 Å². The first-order chi connectivity index (χ1) is 17.3. The Morgan fingerprint density at radius 2 is 1.69 bits per heavy atom. The summed E-state index contributed by atoms with van der Waals surface area (Å²) in [5.41, 5.74) is 4.30. The SMILES string of the molecule is CCOc1cc(/C=C2/C(=O)NC(=S)N(c3ccccc3)C2=O)cc(Cl)c1OCc1cc(C)cc(C)c1. The fraction of sp³-hybridized carbons (Fsp3) is 0.179. The maximum absolute atomic E-state index is 13.2. The average molecular weight is 521 g/mol. The monoisotopic (exact) mass is 520 g/mol. The number of nitrogens with one attached hydrogen (secondary N) is 1. The van der Waals surface area contributed by atoms with Crippen LogP contribution in [0.4, 0.5) is 5.69 Å². The summed E-state index contributed by atoms with van der Waals surface area (Å²) >= 11 is 11.8. The van der Waals surface area contributed by atoms with E-state index in [4.69, 9.17) is 33.3 Å². The molecule has 0 aliphatic carbocycles. The van der Waals surface area contributed by atoms with Gasteiger partial charge in [0, 0.05) is 0 Å². The highest BCUT2D eigenvalue weighted by Crippen LogP contribution is 2.38. The highest BCUT2D eigenvalue weighted by atomic mass is 35.5. The van der Waals surface area contributed by atoms with Gasteiger partial charge < -0.3 is 9.47 Å². The van der Waals surface area contributed by atoms with Crippen LogP contribution in [-0.2, 0) is 16.2 Å². The number of nitrogens with zero attached hydrogens (tertiary/aromatic N) is 1. The average Bonchev–Trinajstić information content (AvgIpc) is 2.81. The molecule has 0 atom stereocenters. The number of thiocarbonyl (C=S) groups is 1. The third-order valence-corrected chi connectivity index (χ3v) is 5.99. The second kappa shape index (κ2) is 10.9.